The van der Waals surface area contributed by atoms with Gasteiger partial charge in [-0.3, -0.25) is 14.4 Å². The maximum atomic E-state index is 12.4. The molecule has 0 spiro atoms. The number of Topliss-reactive ketones (excluding diaryl/α,β-unsaturated/α-hetero) is 1. The van der Waals surface area contributed by atoms with Crippen molar-refractivity contribution in [1.29, 1.82) is 0 Å². The highest BCUT2D eigenvalue weighted by Crippen LogP contribution is 2.34. The molecule has 0 aliphatic heterocycles. The predicted octanol–water partition coefficient (Wildman–Crippen LogP) is 3.55. The first-order valence-electron chi connectivity index (χ1n) is 10.3. The van der Waals surface area contributed by atoms with Crippen LogP contribution in [0.25, 0.3) is 0 Å². The van der Waals surface area contributed by atoms with Crippen molar-refractivity contribution < 1.29 is 38.2 Å². The van der Waals surface area contributed by atoms with E-state index < -0.39 is 30.4 Å². The van der Waals surface area contributed by atoms with E-state index in [1.54, 1.807) is 51.1 Å². The van der Waals surface area contributed by atoms with E-state index in [2.05, 4.69) is 5.32 Å². The minimum atomic E-state index is -0.713. The van der Waals surface area contributed by atoms with Crippen LogP contribution in [0.1, 0.15) is 62.6 Å². The van der Waals surface area contributed by atoms with Crippen LogP contribution in [-0.4, -0.2) is 49.4 Å². The number of benzene rings is 1. The van der Waals surface area contributed by atoms with Crippen LogP contribution >= 0.6 is 11.3 Å². The van der Waals surface area contributed by atoms with Gasteiger partial charge in [0.1, 0.15) is 9.88 Å². The zero-order chi connectivity index (χ0) is 24.4. The molecule has 0 saturated heterocycles. The first kappa shape index (κ1) is 25.7. The Morgan fingerprint density at radius 3 is 2.15 bits per heavy atom. The van der Waals surface area contributed by atoms with Gasteiger partial charge in [0.25, 0.3) is 5.91 Å². The number of hydrogen-bond donors (Lipinski definition) is 1. The van der Waals surface area contributed by atoms with Crippen LogP contribution in [0.5, 0.6) is 0 Å². The van der Waals surface area contributed by atoms with Gasteiger partial charge in [0.15, 0.2) is 12.4 Å². The molecular weight excluding hydrogens is 450 g/mol. The van der Waals surface area contributed by atoms with Gasteiger partial charge >= 0.3 is 17.9 Å². The van der Waals surface area contributed by atoms with Gasteiger partial charge in [0.2, 0.25) is 0 Å². The molecule has 33 heavy (non-hydrogen) atoms. The van der Waals surface area contributed by atoms with E-state index in [-0.39, 0.29) is 47.3 Å². The number of esters is 3. The van der Waals surface area contributed by atoms with E-state index >= 15 is 0 Å². The standard InChI is InChI=1S/C23H25NO8S/c1-4-30-22(28)19-14(3)20(23(29)31-5-2)33-21(19)24-17(26)13-32-18(27)12-11-16(25)15-9-7-6-8-10-15/h6-10H,4-5,11-13H2,1-3H3,(H,24,26). The summed E-state index contributed by atoms with van der Waals surface area (Å²) in [6, 6.07) is 8.52. The first-order chi connectivity index (χ1) is 15.8. The molecule has 0 saturated carbocycles. The van der Waals surface area contributed by atoms with Crippen LogP contribution in [-0.2, 0) is 23.8 Å². The van der Waals surface area contributed by atoms with Crippen LogP contribution in [0.15, 0.2) is 30.3 Å². The molecular formula is C23H25NO8S. The average molecular weight is 476 g/mol. The highest BCUT2D eigenvalue weighted by molar-refractivity contribution is 7.18. The molecule has 0 aliphatic carbocycles. The number of ether oxygens (including phenoxy) is 3. The number of amides is 1. The molecule has 10 heteroatoms. The van der Waals surface area contributed by atoms with Crippen molar-refractivity contribution in [2.45, 2.75) is 33.6 Å². The molecule has 176 valence electrons. The molecule has 0 fully saturated rings. The Bertz CT molecular complexity index is 1030. The smallest absolute Gasteiger partial charge is 0.348 e. The second kappa shape index (κ2) is 12.5. The summed E-state index contributed by atoms with van der Waals surface area (Å²) in [5, 5.41) is 2.57. The molecule has 1 aromatic carbocycles. The Morgan fingerprint density at radius 1 is 0.879 bits per heavy atom. The van der Waals surface area contributed by atoms with Crippen molar-refractivity contribution in [1.82, 2.24) is 0 Å². The van der Waals surface area contributed by atoms with Gasteiger partial charge < -0.3 is 19.5 Å². The molecule has 1 amide bonds. The highest BCUT2D eigenvalue weighted by Gasteiger charge is 2.27. The number of nitrogens with one attached hydrogen (secondary N) is 1. The van der Waals surface area contributed by atoms with Gasteiger partial charge in [-0.15, -0.1) is 11.3 Å². The molecule has 2 aromatic rings. The Balaban J connectivity index is 1.98. The summed E-state index contributed by atoms with van der Waals surface area (Å²) in [4.78, 5) is 61.0. The lowest BCUT2D eigenvalue weighted by Crippen LogP contribution is -2.22. The van der Waals surface area contributed by atoms with Crippen molar-refractivity contribution in [3.05, 3.63) is 51.9 Å². The predicted molar refractivity (Wildman–Crippen MR) is 121 cm³/mol. The molecule has 0 radical (unpaired) electrons. The fourth-order valence-corrected chi connectivity index (χ4v) is 3.91. The second-order valence-electron chi connectivity index (χ2n) is 6.70. The van der Waals surface area contributed by atoms with Crippen LogP contribution in [0, 0.1) is 6.92 Å². The van der Waals surface area contributed by atoms with Crippen LogP contribution < -0.4 is 5.32 Å². The van der Waals surface area contributed by atoms with E-state index in [4.69, 9.17) is 14.2 Å². The van der Waals surface area contributed by atoms with E-state index in [0.29, 0.717) is 11.1 Å². The van der Waals surface area contributed by atoms with Crippen molar-refractivity contribution in [2.75, 3.05) is 25.1 Å². The zero-order valence-corrected chi connectivity index (χ0v) is 19.4. The zero-order valence-electron chi connectivity index (χ0n) is 18.6. The van der Waals surface area contributed by atoms with Crippen molar-refractivity contribution in [3.8, 4) is 0 Å². The lowest BCUT2D eigenvalue weighted by Gasteiger charge is -2.08. The van der Waals surface area contributed by atoms with Crippen LogP contribution in [0.2, 0.25) is 0 Å². The van der Waals surface area contributed by atoms with Crippen molar-refractivity contribution in [2.24, 2.45) is 0 Å². The fraction of sp³-hybridized carbons (Fsp3) is 0.348. The number of anilines is 1. The maximum absolute atomic E-state index is 12.4. The maximum Gasteiger partial charge on any atom is 0.348 e. The molecule has 1 N–H and O–H groups in total. The van der Waals surface area contributed by atoms with Gasteiger partial charge in [-0.2, -0.15) is 0 Å². The number of carbonyl (C=O) groups excluding carboxylic acids is 5. The molecule has 1 aromatic heterocycles. The Kier molecular flexibility index (Phi) is 9.74. The average Bonchev–Trinajstić information content (AvgIpc) is 3.12. The minimum Gasteiger partial charge on any atom is -0.462 e. The molecule has 1 heterocycles. The van der Waals surface area contributed by atoms with E-state index in [0.717, 1.165) is 11.3 Å². The Hall–Kier alpha value is -3.53. The largest absolute Gasteiger partial charge is 0.462 e. The first-order valence-corrected chi connectivity index (χ1v) is 11.1. The molecule has 0 atom stereocenters. The van der Waals surface area contributed by atoms with Gasteiger partial charge in [-0.05, 0) is 26.3 Å². The minimum absolute atomic E-state index is 0.0398. The summed E-state index contributed by atoms with van der Waals surface area (Å²) in [7, 11) is 0. The number of carbonyl (C=O) groups is 5. The Labute approximate surface area is 195 Å². The number of rotatable bonds is 11. The van der Waals surface area contributed by atoms with Crippen molar-refractivity contribution >= 4 is 45.9 Å². The SMILES string of the molecule is CCOC(=O)c1sc(NC(=O)COC(=O)CCC(=O)c2ccccc2)c(C(=O)OCC)c1C. The normalized spacial score (nSPS) is 10.3. The summed E-state index contributed by atoms with van der Waals surface area (Å²) in [5.74, 6) is -2.96. The van der Waals surface area contributed by atoms with Crippen molar-refractivity contribution in [3.63, 3.8) is 0 Å². The lowest BCUT2D eigenvalue weighted by molar-refractivity contribution is -0.147. The monoisotopic (exact) mass is 475 g/mol. The van der Waals surface area contributed by atoms with Crippen LogP contribution in [0.3, 0.4) is 0 Å². The molecule has 0 bridgehead atoms. The molecule has 2 rings (SSSR count). The lowest BCUT2D eigenvalue weighted by atomic mass is 10.1. The third kappa shape index (κ3) is 7.25. The molecule has 9 nitrogen and oxygen atoms in total. The van der Waals surface area contributed by atoms with E-state index in [1.807, 2.05) is 0 Å². The van der Waals surface area contributed by atoms with Crippen LogP contribution in [0.4, 0.5) is 5.00 Å². The van der Waals surface area contributed by atoms with E-state index in [9.17, 15) is 24.0 Å². The summed E-state index contributed by atoms with van der Waals surface area (Å²) < 4.78 is 14.9. The molecule has 0 unspecified atom stereocenters. The summed E-state index contributed by atoms with van der Waals surface area (Å²) >= 11 is 0.870. The number of hydrogen-bond acceptors (Lipinski definition) is 9. The third-order valence-corrected chi connectivity index (χ3v) is 5.54. The topological polar surface area (TPSA) is 125 Å². The van der Waals surface area contributed by atoms with E-state index in [1.165, 1.54) is 0 Å². The Morgan fingerprint density at radius 2 is 1.52 bits per heavy atom. The third-order valence-electron chi connectivity index (χ3n) is 4.36. The fourth-order valence-electron chi connectivity index (χ4n) is 2.81. The quantitative estimate of drug-likeness (QED) is 0.297. The van der Waals surface area contributed by atoms with Gasteiger partial charge in [-0.1, -0.05) is 30.3 Å². The number of thiophene rings is 1. The molecule has 0 aliphatic rings. The van der Waals surface area contributed by atoms with Gasteiger partial charge in [-0.25, -0.2) is 9.59 Å². The second-order valence-corrected chi connectivity index (χ2v) is 7.72. The van der Waals surface area contributed by atoms with Gasteiger partial charge in [0, 0.05) is 12.0 Å². The highest BCUT2D eigenvalue weighted by atomic mass is 32.1. The summed E-state index contributed by atoms with van der Waals surface area (Å²) in [6.45, 7) is 4.47. The summed E-state index contributed by atoms with van der Waals surface area (Å²) in [5.41, 5.74) is 0.849. The summed E-state index contributed by atoms with van der Waals surface area (Å²) in [6.07, 6.45) is -0.231. The van der Waals surface area contributed by atoms with Gasteiger partial charge in [0.05, 0.1) is 25.2 Å². The number of ketones is 1.